The van der Waals surface area contributed by atoms with Crippen LogP contribution < -0.4 is 4.74 Å². The number of rotatable bonds is 3. The number of nitrogens with one attached hydrogen (secondary N) is 1. The number of nitrogens with zero attached hydrogens (tertiary/aromatic N) is 2. The number of fused-ring (bicyclic) bond motifs is 6. The Morgan fingerprint density at radius 2 is 2.00 bits per heavy atom. The first-order valence-electron chi connectivity index (χ1n) is 9.00. The van der Waals surface area contributed by atoms with Gasteiger partial charge in [-0.15, -0.1) is 0 Å². The molecule has 0 saturated carbocycles. The highest BCUT2D eigenvalue weighted by molar-refractivity contribution is 5.86. The highest BCUT2D eigenvalue weighted by Gasteiger charge is 2.36. The largest absolute Gasteiger partial charge is 0.497 e. The molecule has 1 saturated heterocycles. The molecule has 2 aliphatic heterocycles. The minimum atomic E-state index is 0.441. The van der Waals surface area contributed by atoms with Crippen molar-refractivity contribution in [3.63, 3.8) is 0 Å². The Bertz CT molecular complexity index is 902. The number of ether oxygens (including phenoxy) is 1. The maximum atomic E-state index is 5.44. The van der Waals surface area contributed by atoms with Crippen LogP contribution in [0, 0.1) is 0 Å². The molecule has 1 unspecified atom stereocenters. The van der Waals surface area contributed by atoms with E-state index in [2.05, 4.69) is 57.2 Å². The zero-order valence-electron chi connectivity index (χ0n) is 14.5. The number of benzene rings is 2. The summed E-state index contributed by atoms with van der Waals surface area (Å²) < 4.78 is 5.44. The summed E-state index contributed by atoms with van der Waals surface area (Å²) in [6, 6.07) is 17.6. The van der Waals surface area contributed by atoms with E-state index in [0.29, 0.717) is 6.04 Å². The predicted molar refractivity (Wildman–Crippen MR) is 99.7 cm³/mol. The fourth-order valence-electron chi connectivity index (χ4n) is 4.35. The van der Waals surface area contributed by atoms with Crippen LogP contribution in [0.4, 0.5) is 0 Å². The summed E-state index contributed by atoms with van der Waals surface area (Å²) in [6.07, 6.45) is 0. The lowest BCUT2D eigenvalue weighted by atomic mass is 9.96. The molecule has 1 aromatic heterocycles. The first kappa shape index (κ1) is 15.0. The van der Waals surface area contributed by atoms with Gasteiger partial charge in [-0.25, -0.2) is 0 Å². The maximum absolute atomic E-state index is 5.44. The second-order valence-corrected chi connectivity index (χ2v) is 7.14. The first-order valence-corrected chi connectivity index (χ1v) is 9.00. The number of aromatic amines is 1. The van der Waals surface area contributed by atoms with Gasteiger partial charge in [-0.3, -0.25) is 9.80 Å². The number of hydrogen-bond donors (Lipinski definition) is 1. The van der Waals surface area contributed by atoms with Gasteiger partial charge in [0.1, 0.15) is 5.75 Å². The Kier molecular flexibility index (Phi) is 3.54. The van der Waals surface area contributed by atoms with Gasteiger partial charge >= 0.3 is 0 Å². The predicted octanol–water partition coefficient (Wildman–Crippen LogP) is 3.55. The molecule has 5 rings (SSSR count). The second kappa shape index (κ2) is 5.90. The van der Waals surface area contributed by atoms with Crippen LogP contribution in [0.2, 0.25) is 0 Å². The molecule has 4 nitrogen and oxygen atoms in total. The monoisotopic (exact) mass is 333 g/mol. The fraction of sp³-hybridized carbons (Fsp3) is 0.333. The molecule has 2 aromatic carbocycles. The molecule has 1 N–H and O–H groups in total. The molecule has 3 heterocycles. The Balaban J connectivity index is 1.55. The molecule has 2 bridgehead atoms. The van der Waals surface area contributed by atoms with Gasteiger partial charge in [0.25, 0.3) is 0 Å². The molecule has 0 aliphatic carbocycles. The average molecular weight is 333 g/mol. The Morgan fingerprint density at radius 1 is 1.12 bits per heavy atom. The van der Waals surface area contributed by atoms with Gasteiger partial charge in [0.2, 0.25) is 0 Å². The van der Waals surface area contributed by atoms with Crippen molar-refractivity contribution in [1.29, 1.82) is 0 Å². The molecular weight excluding hydrogens is 310 g/mol. The van der Waals surface area contributed by atoms with E-state index in [0.717, 1.165) is 38.5 Å². The van der Waals surface area contributed by atoms with Gasteiger partial charge in [-0.05, 0) is 29.3 Å². The SMILES string of the molecule is COc1ccc2[nH]c3c(c2c1)CN1CCN(Cc2ccccc2)[C@H]3C1. The van der Waals surface area contributed by atoms with Crippen molar-refractivity contribution < 1.29 is 4.74 Å². The van der Waals surface area contributed by atoms with Crippen LogP contribution in [0.1, 0.15) is 22.9 Å². The highest BCUT2D eigenvalue weighted by atomic mass is 16.5. The molecule has 4 heteroatoms. The molecule has 0 spiro atoms. The van der Waals surface area contributed by atoms with E-state index in [9.17, 15) is 0 Å². The molecule has 0 amide bonds. The summed E-state index contributed by atoms with van der Waals surface area (Å²) in [6.45, 7) is 5.43. The average Bonchev–Trinajstić information content (AvgIpc) is 3.02. The minimum absolute atomic E-state index is 0.441. The van der Waals surface area contributed by atoms with Crippen LogP contribution in [0.25, 0.3) is 10.9 Å². The van der Waals surface area contributed by atoms with E-state index in [-0.39, 0.29) is 0 Å². The molecule has 2 atom stereocenters. The zero-order valence-corrected chi connectivity index (χ0v) is 14.5. The van der Waals surface area contributed by atoms with E-state index >= 15 is 0 Å². The number of hydrogen-bond acceptors (Lipinski definition) is 3. The lowest BCUT2D eigenvalue weighted by Crippen LogP contribution is -2.50. The van der Waals surface area contributed by atoms with Gasteiger partial charge in [0, 0.05) is 49.3 Å². The summed E-state index contributed by atoms with van der Waals surface area (Å²) in [5.41, 5.74) is 5.46. The van der Waals surface area contributed by atoms with Crippen molar-refractivity contribution in [2.24, 2.45) is 0 Å². The standard InChI is InChI=1S/C21H23N3O/c1-25-16-7-8-19-17(11-16)18-13-23-9-10-24(20(14-23)21(18)22-19)12-15-5-3-2-4-6-15/h2-8,11,20,22H,9-10,12-14H2,1H3/t20-/m0/s1. The van der Waals surface area contributed by atoms with Gasteiger partial charge < -0.3 is 9.72 Å². The molecule has 1 fully saturated rings. The third kappa shape index (κ3) is 2.53. The van der Waals surface area contributed by atoms with E-state index in [1.165, 1.54) is 27.7 Å². The van der Waals surface area contributed by atoms with Gasteiger partial charge in [0.15, 0.2) is 0 Å². The Morgan fingerprint density at radius 3 is 2.84 bits per heavy atom. The van der Waals surface area contributed by atoms with Crippen LogP contribution in [0.3, 0.4) is 0 Å². The topological polar surface area (TPSA) is 31.5 Å². The summed E-state index contributed by atoms with van der Waals surface area (Å²) in [5.74, 6) is 0.932. The first-order chi connectivity index (χ1) is 12.3. The summed E-state index contributed by atoms with van der Waals surface area (Å²) in [4.78, 5) is 8.92. The smallest absolute Gasteiger partial charge is 0.119 e. The van der Waals surface area contributed by atoms with Crippen molar-refractivity contribution in [2.45, 2.75) is 19.1 Å². The summed E-state index contributed by atoms with van der Waals surface area (Å²) >= 11 is 0. The third-order valence-corrected chi connectivity index (χ3v) is 5.67. The van der Waals surface area contributed by atoms with Gasteiger partial charge in [0.05, 0.1) is 13.2 Å². The van der Waals surface area contributed by atoms with Crippen LogP contribution >= 0.6 is 0 Å². The highest BCUT2D eigenvalue weighted by Crippen LogP contribution is 2.39. The van der Waals surface area contributed by atoms with Crippen molar-refractivity contribution in [2.75, 3.05) is 26.7 Å². The normalized spacial score (nSPS) is 22.8. The fourth-order valence-corrected chi connectivity index (χ4v) is 4.35. The lowest BCUT2D eigenvalue weighted by Gasteiger charge is -2.45. The molecular formula is C21H23N3O. The van der Waals surface area contributed by atoms with Gasteiger partial charge in [-0.2, -0.15) is 0 Å². The Hall–Kier alpha value is -2.30. The van der Waals surface area contributed by atoms with Crippen molar-refractivity contribution in [3.8, 4) is 5.75 Å². The third-order valence-electron chi connectivity index (χ3n) is 5.67. The van der Waals surface area contributed by atoms with E-state index in [1.807, 2.05) is 6.07 Å². The van der Waals surface area contributed by atoms with E-state index in [4.69, 9.17) is 4.74 Å². The lowest BCUT2D eigenvalue weighted by molar-refractivity contribution is 0.0484. The molecule has 128 valence electrons. The number of methoxy groups -OCH3 is 1. The number of H-pyrrole nitrogens is 1. The minimum Gasteiger partial charge on any atom is -0.497 e. The summed E-state index contributed by atoms with van der Waals surface area (Å²) in [5, 5.41) is 1.31. The quantitative estimate of drug-likeness (QED) is 0.795. The second-order valence-electron chi connectivity index (χ2n) is 7.14. The van der Waals surface area contributed by atoms with Crippen molar-refractivity contribution in [3.05, 3.63) is 65.4 Å². The Labute approximate surface area is 148 Å². The summed E-state index contributed by atoms with van der Waals surface area (Å²) in [7, 11) is 1.74. The van der Waals surface area contributed by atoms with Crippen LogP contribution in [-0.4, -0.2) is 41.5 Å². The molecule has 3 aromatic rings. The zero-order chi connectivity index (χ0) is 16.8. The number of aromatic nitrogens is 1. The van der Waals surface area contributed by atoms with Crippen molar-refractivity contribution >= 4 is 10.9 Å². The van der Waals surface area contributed by atoms with Gasteiger partial charge in [-0.1, -0.05) is 30.3 Å². The molecule has 0 radical (unpaired) electrons. The van der Waals surface area contributed by atoms with Crippen LogP contribution in [-0.2, 0) is 13.1 Å². The molecule has 25 heavy (non-hydrogen) atoms. The maximum Gasteiger partial charge on any atom is 0.119 e. The van der Waals surface area contributed by atoms with Crippen LogP contribution in [0.15, 0.2) is 48.5 Å². The molecule has 2 aliphatic rings. The van der Waals surface area contributed by atoms with E-state index in [1.54, 1.807) is 7.11 Å². The number of piperazine rings is 1. The van der Waals surface area contributed by atoms with E-state index < -0.39 is 0 Å². The van der Waals surface area contributed by atoms with Crippen molar-refractivity contribution in [1.82, 2.24) is 14.8 Å². The van der Waals surface area contributed by atoms with Crippen LogP contribution in [0.5, 0.6) is 5.75 Å².